The molecule has 2 unspecified atom stereocenters. The van der Waals surface area contributed by atoms with Crippen molar-refractivity contribution in [3.63, 3.8) is 0 Å². The normalized spacial score (nSPS) is 12.8. The van der Waals surface area contributed by atoms with Crippen LogP contribution in [0.1, 0.15) is 181 Å². The van der Waals surface area contributed by atoms with Gasteiger partial charge in [-0.1, -0.05) is 117 Å². The molecule has 0 bridgehead atoms. The first kappa shape index (κ1) is 43.4. The molecule has 0 aromatic heterocycles. The third-order valence-corrected chi connectivity index (χ3v) is 9.05. The quantitative estimate of drug-likeness (QED) is 0.0569. The minimum Gasteiger partial charge on any atom is -0.481 e. The second-order valence-corrected chi connectivity index (χ2v) is 13.7. The number of carbonyl (C=O) groups is 3. The molecule has 0 aliphatic rings. The second-order valence-electron chi connectivity index (χ2n) is 13.7. The van der Waals surface area contributed by atoms with Gasteiger partial charge in [-0.05, 0) is 65.0 Å². The van der Waals surface area contributed by atoms with Gasteiger partial charge < -0.3 is 19.6 Å². The van der Waals surface area contributed by atoms with Gasteiger partial charge in [-0.3, -0.25) is 14.4 Å². The molecule has 45 heavy (non-hydrogen) atoms. The van der Waals surface area contributed by atoms with Crippen LogP contribution in [-0.2, 0) is 19.1 Å². The van der Waals surface area contributed by atoms with Gasteiger partial charge in [-0.25, -0.2) is 0 Å². The number of hydrogen-bond acceptors (Lipinski definition) is 5. The van der Waals surface area contributed by atoms with Crippen LogP contribution < -0.4 is 0 Å². The monoisotopic (exact) mass is 639 g/mol. The molecule has 0 aromatic carbocycles. The molecule has 0 heterocycles. The molecule has 2 atom stereocenters. The Hall–Kier alpha value is -1.63. The average molecular weight is 639 g/mol. The first-order valence-electron chi connectivity index (χ1n) is 19.1. The molecule has 0 rings (SSSR count). The highest BCUT2D eigenvalue weighted by Crippen LogP contribution is 2.21. The largest absolute Gasteiger partial charge is 0.481 e. The predicted octanol–water partition coefficient (Wildman–Crippen LogP) is 9.80. The Kier molecular flexibility index (Phi) is 29.9. The van der Waals surface area contributed by atoms with Crippen molar-refractivity contribution in [2.75, 3.05) is 33.8 Å². The van der Waals surface area contributed by atoms with E-state index >= 15 is 0 Å². The summed E-state index contributed by atoms with van der Waals surface area (Å²) in [6.45, 7) is 8.71. The number of carboxylic acid groups (broad SMARTS) is 1. The number of hydrogen-bond donors (Lipinski definition) is 1. The van der Waals surface area contributed by atoms with Gasteiger partial charge in [0, 0.05) is 38.4 Å². The van der Waals surface area contributed by atoms with Crippen molar-refractivity contribution >= 4 is 17.8 Å². The fraction of sp³-hybridized carbons (Fsp3) is 0.921. The first-order chi connectivity index (χ1) is 21.7. The second kappa shape index (κ2) is 31.0. The van der Waals surface area contributed by atoms with E-state index in [2.05, 4.69) is 30.6 Å². The molecule has 7 nitrogen and oxygen atoms in total. The summed E-state index contributed by atoms with van der Waals surface area (Å²) >= 11 is 0. The lowest BCUT2D eigenvalue weighted by Gasteiger charge is -2.33. The number of carbonyl (C=O) groups excluding carboxylic acids is 2. The van der Waals surface area contributed by atoms with Crippen LogP contribution in [0.25, 0.3) is 0 Å². The van der Waals surface area contributed by atoms with E-state index in [1.54, 1.807) is 0 Å². The van der Waals surface area contributed by atoms with E-state index in [9.17, 15) is 14.4 Å². The number of nitrogens with zero attached hydrogens (tertiary/aromatic N) is 2. The summed E-state index contributed by atoms with van der Waals surface area (Å²) < 4.78 is 5.70. The lowest BCUT2D eigenvalue weighted by Crippen LogP contribution is -2.44. The van der Waals surface area contributed by atoms with Crippen LogP contribution in [0.15, 0.2) is 0 Å². The average Bonchev–Trinajstić information content (AvgIpc) is 3.01. The van der Waals surface area contributed by atoms with Gasteiger partial charge in [-0.2, -0.15) is 0 Å². The summed E-state index contributed by atoms with van der Waals surface area (Å²) in [6.07, 6.45) is 25.3. The van der Waals surface area contributed by atoms with E-state index in [0.29, 0.717) is 51.2 Å². The van der Waals surface area contributed by atoms with E-state index in [1.165, 1.54) is 83.5 Å². The number of likely N-dealkylation sites (N-methyl/N-ethyl adjacent to an activating group) is 1. The highest BCUT2D eigenvalue weighted by molar-refractivity contribution is 5.76. The molecular weight excluding hydrogens is 564 g/mol. The molecule has 0 aliphatic heterocycles. The third-order valence-electron chi connectivity index (χ3n) is 9.05. The van der Waals surface area contributed by atoms with Crippen molar-refractivity contribution in [2.24, 2.45) is 5.92 Å². The standard InChI is InChI=1S/C38H74N2O5/c1-6-9-12-14-15-16-17-19-26-35(27-20-22-29-37(42)43)40(32-31-39(4)5)36(41)28-21-23-30-38(44)45-33-34(24-11-8-3)25-18-13-10-7-2/h34-35H,6-33H2,1-5H3,(H,42,43). The van der Waals surface area contributed by atoms with Crippen LogP contribution in [0.3, 0.4) is 0 Å². The van der Waals surface area contributed by atoms with E-state index in [0.717, 1.165) is 45.1 Å². The number of unbranched alkanes of at least 4 members (excludes halogenated alkanes) is 13. The number of ether oxygens (including phenoxy) is 1. The number of esters is 1. The molecule has 1 N–H and O–H groups in total. The van der Waals surface area contributed by atoms with Crippen LogP contribution in [0.2, 0.25) is 0 Å². The van der Waals surface area contributed by atoms with E-state index in [4.69, 9.17) is 9.84 Å². The SMILES string of the molecule is CCCCCCCCCCC(CCCCC(=O)O)N(CCN(C)C)C(=O)CCCCC(=O)OCC(CCCC)CCCCCC. The maximum absolute atomic E-state index is 13.6. The minimum atomic E-state index is -0.753. The third kappa shape index (κ3) is 27.2. The molecule has 7 heteroatoms. The first-order valence-corrected chi connectivity index (χ1v) is 19.1. The Balaban J connectivity index is 4.91. The zero-order chi connectivity index (χ0) is 33.5. The number of aliphatic carboxylic acids is 1. The fourth-order valence-electron chi connectivity index (χ4n) is 6.08. The van der Waals surface area contributed by atoms with Gasteiger partial charge in [0.2, 0.25) is 5.91 Å². The van der Waals surface area contributed by atoms with Crippen molar-refractivity contribution in [2.45, 2.75) is 187 Å². The lowest BCUT2D eigenvalue weighted by molar-refractivity contribution is -0.145. The highest BCUT2D eigenvalue weighted by Gasteiger charge is 2.23. The summed E-state index contributed by atoms with van der Waals surface area (Å²) in [5.41, 5.74) is 0. The molecule has 0 aromatic rings. The molecular formula is C38H74N2O5. The molecule has 0 saturated heterocycles. The highest BCUT2D eigenvalue weighted by atomic mass is 16.5. The van der Waals surface area contributed by atoms with Crippen LogP contribution in [0.5, 0.6) is 0 Å². The topological polar surface area (TPSA) is 87.2 Å². The Labute approximate surface area is 278 Å². The molecule has 0 fully saturated rings. The number of carboxylic acids is 1. The Morgan fingerprint density at radius 1 is 0.578 bits per heavy atom. The Morgan fingerprint density at radius 3 is 1.67 bits per heavy atom. The smallest absolute Gasteiger partial charge is 0.305 e. The van der Waals surface area contributed by atoms with E-state index in [-0.39, 0.29) is 24.3 Å². The van der Waals surface area contributed by atoms with Gasteiger partial charge in [0.1, 0.15) is 0 Å². The van der Waals surface area contributed by atoms with Crippen molar-refractivity contribution in [3.05, 3.63) is 0 Å². The van der Waals surface area contributed by atoms with Crippen LogP contribution in [-0.4, -0.2) is 72.6 Å². The van der Waals surface area contributed by atoms with Crippen LogP contribution in [0.4, 0.5) is 0 Å². The molecule has 266 valence electrons. The van der Waals surface area contributed by atoms with E-state index in [1.807, 2.05) is 14.1 Å². The number of amides is 1. The molecule has 0 spiro atoms. The predicted molar refractivity (Wildman–Crippen MR) is 189 cm³/mol. The van der Waals surface area contributed by atoms with Gasteiger partial charge in [-0.15, -0.1) is 0 Å². The van der Waals surface area contributed by atoms with Gasteiger partial charge >= 0.3 is 11.9 Å². The van der Waals surface area contributed by atoms with Gasteiger partial charge in [0.15, 0.2) is 0 Å². The summed E-state index contributed by atoms with van der Waals surface area (Å²) in [4.78, 5) is 41.4. The van der Waals surface area contributed by atoms with Gasteiger partial charge in [0.05, 0.1) is 6.61 Å². The summed E-state index contributed by atoms with van der Waals surface area (Å²) in [5.74, 6) is -0.254. The molecule has 0 saturated carbocycles. The van der Waals surface area contributed by atoms with Crippen LogP contribution in [0, 0.1) is 5.92 Å². The zero-order valence-corrected chi connectivity index (χ0v) is 30.4. The van der Waals surface area contributed by atoms with Crippen molar-refractivity contribution in [1.29, 1.82) is 0 Å². The van der Waals surface area contributed by atoms with E-state index < -0.39 is 5.97 Å². The van der Waals surface area contributed by atoms with Crippen molar-refractivity contribution in [3.8, 4) is 0 Å². The summed E-state index contributed by atoms with van der Waals surface area (Å²) in [7, 11) is 4.07. The fourth-order valence-corrected chi connectivity index (χ4v) is 6.08. The molecule has 0 aliphatic carbocycles. The molecule has 1 amide bonds. The minimum absolute atomic E-state index is 0.132. The molecule has 0 radical (unpaired) electrons. The maximum Gasteiger partial charge on any atom is 0.305 e. The Morgan fingerprint density at radius 2 is 1.07 bits per heavy atom. The van der Waals surface area contributed by atoms with Gasteiger partial charge in [0.25, 0.3) is 0 Å². The zero-order valence-electron chi connectivity index (χ0n) is 30.4. The Bertz CT molecular complexity index is 714. The maximum atomic E-state index is 13.6. The van der Waals surface area contributed by atoms with Crippen molar-refractivity contribution in [1.82, 2.24) is 9.80 Å². The lowest BCUT2D eigenvalue weighted by atomic mass is 9.96. The van der Waals surface area contributed by atoms with Crippen LogP contribution >= 0.6 is 0 Å². The summed E-state index contributed by atoms with van der Waals surface area (Å²) in [6, 6.07) is 0.147. The van der Waals surface area contributed by atoms with Crippen molar-refractivity contribution < 1.29 is 24.2 Å². The summed E-state index contributed by atoms with van der Waals surface area (Å²) in [5, 5.41) is 9.10. The number of rotatable bonds is 33.